The maximum Gasteiger partial charge on any atom is 0.325 e. The Labute approximate surface area is 170 Å². The quantitative estimate of drug-likeness (QED) is 0.708. The minimum Gasteiger partial charge on any atom is -0.389 e. The number of aliphatic hydroxyl groups excluding tert-OH is 1. The van der Waals surface area contributed by atoms with Crippen molar-refractivity contribution in [1.82, 2.24) is 10.2 Å². The van der Waals surface area contributed by atoms with Crippen molar-refractivity contribution in [3.8, 4) is 0 Å². The first-order valence-electron chi connectivity index (χ1n) is 10.1. The fourth-order valence-corrected chi connectivity index (χ4v) is 4.27. The number of nitrogens with zero attached hydrogens (tertiary/aromatic N) is 1. The average molecular weight is 394 g/mol. The van der Waals surface area contributed by atoms with Crippen LogP contribution in [-0.2, 0) is 9.53 Å². The van der Waals surface area contributed by atoms with Crippen molar-refractivity contribution in [3.05, 3.63) is 71.8 Å². The van der Waals surface area contributed by atoms with Gasteiger partial charge in [-0.1, -0.05) is 73.5 Å². The fraction of sp³-hybridized carbons (Fsp3) is 0.391. The Morgan fingerprint density at radius 1 is 0.966 bits per heavy atom. The molecule has 0 radical (unpaired) electrons. The van der Waals surface area contributed by atoms with Gasteiger partial charge in [0.1, 0.15) is 11.6 Å². The molecular formula is C23H26N2O4. The van der Waals surface area contributed by atoms with Gasteiger partial charge in [0.25, 0.3) is 5.91 Å². The molecule has 152 valence electrons. The van der Waals surface area contributed by atoms with Gasteiger partial charge in [0.2, 0.25) is 0 Å². The SMILES string of the molecule is O=C1NC2(CCCC2)C(=O)N1C[C@H](O)COC(c1ccccc1)c1ccccc1. The van der Waals surface area contributed by atoms with Crippen LogP contribution in [0.1, 0.15) is 42.9 Å². The molecule has 29 heavy (non-hydrogen) atoms. The summed E-state index contributed by atoms with van der Waals surface area (Å²) in [6, 6.07) is 19.1. The zero-order valence-electron chi connectivity index (χ0n) is 16.3. The van der Waals surface area contributed by atoms with E-state index in [4.69, 9.17) is 4.74 Å². The third kappa shape index (κ3) is 4.04. The van der Waals surface area contributed by atoms with E-state index in [1.165, 1.54) is 0 Å². The van der Waals surface area contributed by atoms with Crippen LogP contribution < -0.4 is 5.32 Å². The predicted molar refractivity (Wildman–Crippen MR) is 108 cm³/mol. The summed E-state index contributed by atoms with van der Waals surface area (Å²) in [5.74, 6) is -0.221. The lowest BCUT2D eigenvalue weighted by atomic mass is 9.98. The second kappa shape index (κ2) is 8.35. The van der Waals surface area contributed by atoms with Crippen molar-refractivity contribution in [2.75, 3.05) is 13.2 Å². The Kier molecular flexibility index (Phi) is 5.65. The number of hydrogen-bond donors (Lipinski definition) is 2. The van der Waals surface area contributed by atoms with Gasteiger partial charge in [-0.05, 0) is 24.0 Å². The topological polar surface area (TPSA) is 78.9 Å². The molecule has 1 heterocycles. The van der Waals surface area contributed by atoms with Gasteiger partial charge >= 0.3 is 6.03 Å². The van der Waals surface area contributed by atoms with E-state index in [0.717, 1.165) is 28.9 Å². The Balaban J connectivity index is 1.41. The molecule has 0 aromatic heterocycles. The molecule has 6 heteroatoms. The molecule has 0 bridgehead atoms. The molecule has 1 atom stereocenters. The lowest BCUT2D eigenvalue weighted by molar-refractivity contribution is -0.132. The highest BCUT2D eigenvalue weighted by atomic mass is 16.5. The van der Waals surface area contributed by atoms with Gasteiger partial charge in [-0.3, -0.25) is 9.69 Å². The molecule has 1 saturated heterocycles. The van der Waals surface area contributed by atoms with Crippen molar-refractivity contribution < 1.29 is 19.4 Å². The Bertz CT molecular complexity index is 810. The van der Waals surface area contributed by atoms with Gasteiger partial charge in [-0.15, -0.1) is 0 Å². The van der Waals surface area contributed by atoms with E-state index >= 15 is 0 Å². The van der Waals surface area contributed by atoms with Crippen LogP contribution in [0.5, 0.6) is 0 Å². The molecule has 1 aliphatic carbocycles. The van der Waals surface area contributed by atoms with Crippen LogP contribution in [-0.4, -0.2) is 46.7 Å². The number of rotatable bonds is 7. The number of ether oxygens (including phenoxy) is 1. The molecule has 3 amide bonds. The Morgan fingerprint density at radius 2 is 1.52 bits per heavy atom. The summed E-state index contributed by atoms with van der Waals surface area (Å²) in [4.78, 5) is 26.2. The first-order valence-corrected chi connectivity index (χ1v) is 10.1. The molecule has 2 aromatic carbocycles. The van der Waals surface area contributed by atoms with E-state index in [2.05, 4.69) is 5.32 Å². The smallest absolute Gasteiger partial charge is 0.325 e. The lowest BCUT2D eigenvalue weighted by Crippen LogP contribution is -2.45. The average Bonchev–Trinajstić information content (AvgIpc) is 3.30. The van der Waals surface area contributed by atoms with Crippen LogP contribution >= 0.6 is 0 Å². The summed E-state index contributed by atoms with van der Waals surface area (Å²) >= 11 is 0. The van der Waals surface area contributed by atoms with Crippen LogP contribution in [0.3, 0.4) is 0 Å². The number of urea groups is 1. The standard InChI is InChI=1S/C23H26N2O4/c26-19(15-25-21(27)23(24-22(25)28)13-7-8-14-23)16-29-20(17-9-3-1-4-10-17)18-11-5-2-6-12-18/h1-6,9-12,19-20,26H,7-8,13-16H2,(H,24,28)/t19-/m0/s1. The maximum absolute atomic E-state index is 12.7. The Morgan fingerprint density at radius 3 is 2.07 bits per heavy atom. The van der Waals surface area contributed by atoms with E-state index < -0.39 is 17.7 Å². The second-order valence-corrected chi connectivity index (χ2v) is 7.82. The minimum atomic E-state index is -0.962. The summed E-state index contributed by atoms with van der Waals surface area (Å²) in [6.45, 7) is -0.0543. The molecule has 0 unspecified atom stereocenters. The molecule has 2 N–H and O–H groups in total. The molecule has 2 fully saturated rings. The third-order valence-corrected chi connectivity index (χ3v) is 5.76. The highest BCUT2D eigenvalue weighted by molar-refractivity contribution is 6.07. The number of amides is 3. The number of β-amino-alcohol motifs (C(OH)–C–C–N with tert-alkyl or cyclic N) is 1. The van der Waals surface area contributed by atoms with Gasteiger partial charge in [0.15, 0.2) is 0 Å². The molecule has 1 saturated carbocycles. The summed E-state index contributed by atoms with van der Waals surface area (Å²) in [7, 11) is 0. The molecule has 1 aliphatic heterocycles. The number of benzene rings is 2. The van der Waals surface area contributed by atoms with Crippen molar-refractivity contribution in [1.29, 1.82) is 0 Å². The first kappa shape index (κ1) is 19.6. The molecular weight excluding hydrogens is 368 g/mol. The van der Waals surface area contributed by atoms with E-state index in [0.29, 0.717) is 12.8 Å². The van der Waals surface area contributed by atoms with E-state index in [9.17, 15) is 14.7 Å². The number of nitrogens with one attached hydrogen (secondary N) is 1. The van der Waals surface area contributed by atoms with Gasteiger partial charge in [0, 0.05) is 0 Å². The number of imide groups is 1. The van der Waals surface area contributed by atoms with Gasteiger partial charge in [-0.25, -0.2) is 4.79 Å². The molecule has 4 rings (SSSR count). The van der Waals surface area contributed by atoms with Crippen LogP contribution in [0, 0.1) is 0 Å². The highest BCUT2D eigenvalue weighted by Gasteiger charge is 2.52. The van der Waals surface area contributed by atoms with Crippen molar-refractivity contribution in [2.45, 2.75) is 43.4 Å². The number of aliphatic hydroxyl groups is 1. The lowest BCUT2D eigenvalue weighted by Gasteiger charge is -2.24. The number of carbonyl (C=O) groups excluding carboxylic acids is 2. The van der Waals surface area contributed by atoms with Crippen LogP contribution in [0.15, 0.2) is 60.7 Å². The van der Waals surface area contributed by atoms with Gasteiger partial charge in [-0.2, -0.15) is 0 Å². The maximum atomic E-state index is 12.7. The minimum absolute atomic E-state index is 0.0124. The monoisotopic (exact) mass is 394 g/mol. The van der Waals surface area contributed by atoms with E-state index in [1.807, 2.05) is 60.7 Å². The molecule has 1 spiro atoms. The summed E-state index contributed by atoms with van der Waals surface area (Å²) < 4.78 is 6.05. The van der Waals surface area contributed by atoms with Crippen molar-refractivity contribution in [2.24, 2.45) is 0 Å². The zero-order chi connectivity index (χ0) is 20.3. The van der Waals surface area contributed by atoms with Crippen molar-refractivity contribution in [3.63, 3.8) is 0 Å². The van der Waals surface area contributed by atoms with Gasteiger partial charge < -0.3 is 15.2 Å². The van der Waals surface area contributed by atoms with Gasteiger partial charge in [0.05, 0.1) is 19.3 Å². The largest absolute Gasteiger partial charge is 0.389 e. The Hall–Kier alpha value is -2.70. The summed E-state index contributed by atoms with van der Waals surface area (Å²) in [5.41, 5.74) is 1.20. The van der Waals surface area contributed by atoms with E-state index in [-0.39, 0.29) is 25.2 Å². The summed E-state index contributed by atoms with van der Waals surface area (Å²) in [6.07, 6.45) is 1.91. The van der Waals surface area contributed by atoms with Crippen molar-refractivity contribution >= 4 is 11.9 Å². The van der Waals surface area contributed by atoms with Crippen LogP contribution in [0.2, 0.25) is 0 Å². The van der Waals surface area contributed by atoms with Crippen LogP contribution in [0.25, 0.3) is 0 Å². The first-order chi connectivity index (χ1) is 14.1. The predicted octanol–water partition coefficient (Wildman–Crippen LogP) is 3.02. The third-order valence-electron chi connectivity index (χ3n) is 5.76. The normalized spacial score (nSPS) is 19.2. The zero-order valence-corrected chi connectivity index (χ0v) is 16.3. The number of carbonyl (C=O) groups is 2. The highest BCUT2D eigenvalue weighted by Crippen LogP contribution is 2.35. The number of hydrogen-bond acceptors (Lipinski definition) is 4. The summed E-state index contributed by atoms with van der Waals surface area (Å²) in [5, 5.41) is 13.4. The molecule has 2 aliphatic rings. The molecule has 6 nitrogen and oxygen atoms in total. The molecule has 2 aromatic rings. The second-order valence-electron chi connectivity index (χ2n) is 7.82. The van der Waals surface area contributed by atoms with E-state index in [1.54, 1.807) is 0 Å². The fourth-order valence-electron chi connectivity index (χ4n) is 4.27. The van der Waals surface area contributed by atoms with Crippen LogP contribution in [0.4, 0.5) is 4.79 Å².